The zero-order valence-corrected chi connectivity index (χ0v) is 8.88. The van der Waals surface area contributed by atoms with Crippen LogP contribution in [0.15, 0.2) is 18.6 Å². The summed E-state index contributed by atoms with van der Waals surface area (Å²) < 4.78 is 2.93. The third-order valence-corrected chi connectivity index (χ3v) is 3.02. The molecular formula is C7H6N4OS2. The van der Waals surface area contributed by atoms with Crippen molar-refractivity contribution < 1.29 is 4.73 Å². The van der Waals surface area contributed by atoms with Crippen LogP contribution in [0.3, 0.4) is 0 Å². The smallest absolute Gasteiger partial charge is 0.209 e. The summed E-state index contributed by atoms with van der Waals surface area (Å²) in [5.41, 5.74) is 0.541. The number of aryl methyl sites for hydroxylation is 1. The van der Waals surface area contributed by atoms with Crippen LogP contribution in [0.1, 0.15) is 0 Å². The minimum absolute atomic E-state index is 0.541. The molecule has 0 aliphatic heterocycles. The average Bonchev–Trinajstić information content (AvgIpc) is 2.47. The zero-order chi connectivity index (χ0) is 10.1. The summed E-state index contributed by atoms with van der Waals surface area (Å²) in [7, 11) is 1.76. The first-order valence-electron chi connectivity index (χ1n) is 3.76. The Bertz CT molecular complexity index is 518. The van der Waals surface area contributed by atoms with E-state index in [1.807, 2.05) is 0 Å². The molecule has 0 amide bonds. The molecule has 0 fully saturated rings. The number of hydrogen-bond acceptors (Lipinski definition) is 5. The molecule has 2 rings (SSSR count). The summed E-state index contributed by atoms with van der Waals surface area (Å²) in [6, 6.07) is 0. The third kappa shape index (κ3) is 1.64. The SMILES string of the molecule is Cn1nc(-c2c[n+]([O-])ccn2)sc1=S. The summed E-state index contributed by atoms with van der Waals surface area (Å²) in [5, 5.41) is 15.8. The monoisotopic (exact) mass is 226 g/mol. The zero-order valence-electron chi connectivity index (χ0n) is 7.25. The largest absolute Gasteiger partial charge is 0.619 e. The Kier molecular flexibility index (Phi) is 2.26. The maximum atomic E-state index is 11.0. The standard InChI is InChI=1S/C7H6N4OS2/c1-10-7(13)14-6(9-10)5-4-11(12)3-2-8-5/h2-4H,1H3. The molecule has 2 aromatic rings. The lowest BCUT2D eigenvalue weighted by Crippen LogP contribution is -2.24. The number of rotatable bonds is 1. The van der Waals surface area contributed by atoms with Crippen LogP contribution in [0.4, 0.5) is 0 Å². The van der Waals surface area contributed by atoms with Gasteiger partial charge >= 0.3 is 0 Å². The molecule has 0 N–H and O–H groups in total. The lowest BCUT2D eigenvalue weighted by atomic mass is 10.5. The Morgan fingerprint density at radius 1 is 1.64 bits per heavy atom. The molecule has 0 saturated heterocycles. The van der Waals surface area contributed by atoms with Crippen molar-refractivity contribution in [3.63, 3.8) is 0 Å². The highest BCUT2D eigenvalue weighted by molar-refractivity contribution is 7.73. The second-order valence-electron chi connectivity index (χ2n) is 2.60. The van der Waals surface area contributed by atoms with Crippen LogP contribution in [0, 0.1) is 9.16 Å². The van der Waals surface area contributed by atoms with Gasteiger partial charge in [-0.1, -0.05) is 11.3 Å². The van der Waals surface area contributed by atoms with Crippen LogP contribution in [0.25, 0.3) is 10.7 Å². The fourth-order valence-electron chi connectivity index (χ4n) is 0.936. The Hall–Kier alpha value is -1.34. The molecule has 0 unspecified atom stereocenters. The predicted molar refractivity (Wildman–Crippen MR) is 54.1 cm³/mol. The molecule has 0 saturated carbocycles. The highest BCUT2D eigenvalue weighted by Crippen LogP contribution is 2.18. The van der Waals surface area contributed by atoms with E-state index < -0.39 is 0 Å². The molecular weight excluding hydrogens is 220 g/mol. The van der Waals surface area contributed by atoms with Crippen molar-refractivity contribution in [2.45, 2.75) is 0 Å². The average molecular weight is 226 g/mol. The van der Waals surface area contributed by atoms with Crippen molar-refractivity contribution in [3.05, 3.63) is 27.8 Å². The van der Waals surface area contributed by atoms with E-state index in [4.69, 9.17) is 12.2 Å². The third-order valence-electron chi connectivity index (χ3n) is 1.58. The number of hydrogen-bond donors (Lipinski definition) is 0. The van der Waals surface area contributed by atoms with Crippen molar-refractivity contribution >= 4 is 23.6 Å². The minimum atomic E-state index is 0.541. The van der Waals surface area contributed by atoms with Gasteiger partial charge in [0.25, 0.3) is 0 Å². The molecule has 7 heteroatoms. The molecule has 2 aromatic heterocycles. The fraction of sp³-hybridized carbons (Fsp3) is 0.143. The van der Waals surface area contributed by atoms with Crippen LogP contribution in [-0.4, -0.2) is 14.8 Å². The Morgan fingerprint density at radius 2 is 2.43 bits per heavy atom. The Morgan fingerprint density at radius 3 is 3.00 bits per heavy atom. The molecule has 14 heavy (non-hydrogen) atoms. The van der Waals surface area contributed by atoms with Gasteiger partial charge in [-0.15, -0.1) is 0 Å². The molecule has 5 nitrogen and oxygen atoms in total. The van der Waals surface area contributed by atoms with Gasteiger partial charge in [-0.05, 0) is 12.2 Å². The van der Waals surface area contributed by atoms with E-state index >= 15 is 0 Å². The first-order chi connectivity index (χ1) is 6.66. The second-order valence-corrected chi connectivity index (χ2v) is 4.22. The van der Waals surface area contributed by atoms with Gasteiger partial charge in [0.2, 0.25) is 6.20 Å². The Balaban J connectivity index is 2.54. The van der Waals surface area contributed by atoms with Crippen molar-refractivity contribution in [3.8, 4) is 10.7 Å². The number of aromatic nitrogens is 4. The minimum Gasteiger partial charge on any atom is -0.619 e. The van der Waals surface area contributed by atoms with Crippen molar-refractivity contribution in [2.75, 3.05) is 0 Å². The second kappa shape index (κ2) is 3.43. The van der Waals surface area contributed by atoms with Crippen LogP contribution in [-0.2, 0) is 7.05 Å². The molecule has 0 aliphatic carbocycles. The molecule has 0 spiro atoms. The van der Waals surface area contributed by atoms with Crippen molar-refractivity contribution in [1.82, 2.24) is 14.8 Å². The van der Waals surface area contributed by atoms with Gasteiger partial charge < -0.3 is 5.21 Å². The highest BCUT2D eigenvalue weighted by Gasteiger charge is 2.08. The molecule has 0 radical (unpaired) electrons. The molecule has 72 valence electrons. The first-order valence-corrected chi connectivity index (χ1v) is 4.98. The molecule has 0 aromatic carbocycles. The van der Waals surface area contributed by atoms with Gasteiger partial charge in [0.05, 0.1) is 6.20 Å². The maximum absolute atomic E-state index is 11.0. The van der Waals surface area contributed by atoms with E-state index in [1.54, 1.807) is 11.7 Å². The highest BCUT2D eigenvalue weighted by atomic mass is 32.1. The molecule has 0 aliphatic rings. The van der Waals surface area contributed by atoms with E-state index in [-0.39, 0.29) is 0 Å². The van der Waals surface area contributed by atoms with E-state index in [0.717, 1.165) is 0 Å². The van der Waals surface area contributed by atoms with E-state index in [0.29, 0.717) is 19.4 Å². The van der Waals surface area contributed by atoms with Crippen LogP contribution in [0.2, 0.25) is 0 Å². The topological polar surface area (TPSA) is 57.6 Å². The maximum Gasteiger partial charge on any atom is 0.209 e. The van der Waals surface area contributed by atoms with Crippen molar-refractivity contribution in [2.24, 2.45) is 7.05 Å². The van der Waals surface area contributed by atoms with Gasteiger partial charge in [0, 0.05) is 7.05 Å². The first kappa shape index (κ1) is 9.22. The van der Waals surface area contributed by atoms with E-state index in [9.17, 15) is 5.21 Å². The molecule has 0 atom stereocenters. The summed E-state index contributed by atoms with van der Waals surface area (Å²) in [6.45, 7) is 0. The normalized spacial score (nSPS) is 10.4. The van der Waals surface area contributed by atoms with Crippen LogP contribution < -0.4 is 4.73 Å². The molecule has 0 bridgehead atoms. The van der Waals surface area contributed by atoms with Crippen LogP contribution >= 0.6 is 23.6 Å². The number of nitrogens with zero attached hydrogens (tertiary/aromatic N) is 4. The quantitative estimate of drug-likeness (QED) is 0.412. The molecule has 2 heterocycles. The lowest BCUT2D eigenvalue weighted by Gasteiger charge is -1.95. The van der Waals surface area contributed by atoms with Crippen LogP contribution in [0.5, 0.6) is 0 Å². The van der Waals surface area contributed by atoms with Gasteiger partial charge in [-0.25, -0.2) is 9.67 Å². The predicted octanol–water partition coefficient (Wildman–Crippen LogP) is 0.906. The van der Waals surface area contributed by atoms with Gasteiger partial charge in [-0.3, -0.25) is 0 Å². The summed E-state index contributed by atoms with van der Waals surface area (Å²) >= 11 is 6.34. The van der Waals surface area contributed by atoms with Gasteiger partial charge in [0.1, 0.15) is 0 Å². The summed E-state index contributed by atoms with van der Waals surface area (Å²) in [4.78, 5) is 4.03. The summed E-state index contributed by atoms with van der Waals surface area (Å²) in [6.07, 6.45) is 4.13. The van der Waals surface area contributed by atoms with E-state index in [2.05, 4.69) is 10.1 Å². The lowest BCUT2D eigenvalue weighted by molar-refractivity contribution is -0.605. The van der Waals surface area contributed by atoms with Gasteiger partial charge in [-0.2, -0.15) is 9.83 Å². The van der Waals surface area contributed by atoms with E-state index in [1.165, 1.54) is 29.9 Å². The Labute approximate surface area is 88.9 Å². The van der Waals surface area contributed by atoms with Crippen molar-refractivity contribution in [1.29, 1.82) is 0 Å². The summed E-state index contributed by atoms with van der Waals surface area (Å²) in [5.74, 6) is 0. The van der Waals surface area contributed by atoms with Gasteiger partial charge in [0.15, 0.2) is 20.9 Å². The fourth-order valence-corrected chi connectivity index (χ4v) is 1.93.